The molecule has 1 rings (SSSR count). The summed E-state index contributed by atoms with van der Waals surface area (Å²) in [4.78, 5) is 26.1. The highest BCUT2D eigenvalue weighted by atomic mass is 16.4. The normalized spacial score (nSPS) is 16.6. The molecule has 0 aromatic heterocycles. The lowest BCUT2D eigenvalue weighted by Gasteiger charge is -2.34. The Kier molecular flexibility index (Phi) is 6.38. The number of carbonyl (C=O) groups is 2. The van der Waals surface area contributed by atoms with Crippen molar-refractivity contribution in [2.45, 2.75) is 6.42 Å². The van der Waals surface area contributed by atoms with Crippen LogP contribution in [0.4, 0.5) is 0 Å². The average molecular weight is 255 g/mol. The Labute approximate surface area is 107 Å². The van der Waals surface area contributed by atoms with Gasteiger partial charge in [-0.05, 0) is 0 Å². The van der Waals surface area contributed by atoms with E-state index in [9.17, 15) is 9.59 Å². The number of aliphatic carboxylic acids is 1. The largest absolute Gasteiger partial charge is 0.481 e. The van der Waals surface area contributed by atoms with Crippen molar-refractivity contribution in [2.75, 3.05) is 45.8 Å². The quantitative estimate of drug-likeness (QED) is 0.468. The van der Waals surface area contributed by atoms with Crippen LogP contribution < -0.4 is 5.32 Å². The third-order valence-electron chi connectivity index (χ3n) is 2.93. The Morgan fingerprint density at radius 3 is 2.50 bits per heavy atom. The second-order valence-corrected chi connectivity index (χ2v) is 4.29. The summed E-state index contributed by atoms with van der Waals surface area (Å²) in [5.74, 6) is -0.683. The maximum absolute atomic E-state index is 11.8. The number of piperazine rings is 1. The van der Waals surface area contributed by atoms with Gasteiger partial charge in [0.1, 0.15) is 0 Å². The Hall–Kier alpha value is -1.40. The van der Waals surface area contributed by atoms with Gasteiger partial charge in [-0.15, -0.1) is 6.58 Å². The number of hydrogen-bond donors (Lipinski definition) is 2. The molecule has 1 heterocycles. The highest BCUT2D eigenvalue weighted by molar-refractivity contribution is 5.78. The Morgan fingerprint density at radius 1 is 1.28 bits per heavy atom. The minimum atomic E-state index is -0.776. The molecule has 0 aliphatic carbocycles. The number of nitrogens with zero attached hydrogens (tertiary/aromatic N) is 2. The van der Waals surface area contributed by atoms with E-state index in [-0.39, 0.29) is 12.3 Å². The Bertz CT molecular complexity index is 299. The predicted molar refractivity (Wildman–Crippen MR) is 68.3 cm³/mol. The van der Waals surface area contributed by atoms with Gasteiger partial charge < -0.3 is 15.3 Å². The molecule has 1 fully saturated rings. The smallest absolute Gasteiger partial charge is 0.304 e. The first-order valence-electron chi connectivity index (χ1n) is 6.17. The summed E-state index contributed by atoms with van der Waals surface area (Å²) in [7, 11) is 0. The topological polar surface area (TPSA) is 72.9 Å². The summed E-state index contributed by atoms with van der Waals surface area (Å²) in [5, 5.41) is 11.6. The molecule has 0 spiro atoms. The van der Waals surface area contributed by atoms with Crippen LogP contribution in [0.1, 0.15) is 6.42 Å². The first kappa shape index (κ1) is 14.7. The van der Waals surface area contributed by atoms with Crippen molar-refractivity contribution in [3.8, 4) is 0 Å². The van der Waals surface area contributed by atoms with Crippen LogP contribution in [0.15, 0.2) is 12.7 Å². The van der Waals surface area contributed by atoms with E-state index >= 15 is 0 Å². The van der Waals surface area contributed by atoms with Gasteiger partial charge in [0.15, 0.2) is 0 Å². The molecule has 0 aromatic carbocycles. The van der Waals surface area contributed by atoms with E-state index in [1.54, 1.807) is 6.08 Å². The van der Waals surface area contributed by atoms with Crippen LogP contribution >= 0.6 is 0 Å². The summed E-state index contributed by atoms with van der Waals surface area (Å²) < 4.78 is 0. The van der Waals surface area contributed by atoms with Crippen molar-refractivity contribution in [3.05, 3.63) is 12.7 Å². The van der Waals surface area contributed by atoms with Gasteiger partial charge in [0.25, 0.3) is 0 Å². The van der Waals surface area contributed by atoms with Crippen LogP contribution in [-0.4, -0.2) is 72.6 Å². The zero-order valence-corrected chi connectivity index (χ0v) is 10.6. The van der Waals surface area contributed by atoms with Gasteiger partial charge in [-0.3, -0.25) is 14.5 Å². The molecule has 0 radical (unpaired) electrons. The van der Waals surface area contributed by atoms with E-state index in [0.717, 1.165) is 13.1 Å². The van der Waals surface area contributed by atoms with E-state index in [0.29, 0.717) is 32.7 Å². The van der Waals surface area contributed by atoms with Crippen molar-refractivity contribution < 1.29 is 14.7 Å². The molecule has 2 N–H and O–H groups in total. The molecule has 0 unspecified atom stereocenters. The Morgan fingerprint density at radius 2 is 1.94 bits per heavy atom. The van der Waals surface area contributed by atoms with Gasteiger partial charge >= 0.3 is 5.97 Å². The van der Waals surface area contributed by atoms with Crippen LogP contribution in [0.3, 0.4) is 0 Å². The summed E-state index contributed by atoms with van der Waals surface area (Å²) in [5.41, 5.74) is 0. The minimum absolute atomic E-state index is 0.0923. The van der Waals surface area contributed by atoms with Crippen LogP contribution in [0.2, 0.25) is 0 Å². The lowest BCUT2D eigenvalue weighted by molar-refractivity contribution is -0.138. The van der Waals surface area contributed by atoms with Crippen molar-refractivity contribution >= 4 is 11.9 Å². The van der Waals surface area contributed by atoms with Gasteiger partial charge in [-0.2, -0.15) is 0 Å². The molecule has 6 nitrogen and oxygen atoms in total. The fraction of sp³-hybridized carbons (Fsp3) is 0.667. The highest BCUT2D eigenvalue weighted by Gasteiger charge is 2.20. The van der Waals surface area contributed by atoms with Crippen LogP contribution in [-0.2, 0) is 9.59 Å². The van der Waals surface area contributed by atoms with Crippen molar-refractivity contribution in [3.63, 3.8) is 0 Å². The van der Waals surface area contributed by atoms with Gasteiger partial charge in [0.2, 0.25) is 5.91 Å². The molecular weight excluding hydrogens is 234 g/mol. The van der Waals surface area contributed by atoms with Crippen LogP contribution in [0.25, 0.3) is 0 Å². The van der Waals surface area contributed by atoms with Gasteiger partial charge in [-0.1, -0.05) is 6.08 Å². The lowest BCUT2D eigenvalue weighted by Crippen LogP contribution is -2.51. The van der Waals surface area contributed by atoms with E-state index < -0.39 is 5.97 Å². The molecular formula is C12H21N3O3. The third-order valence-corrected chi connectivity index (χ3v) is 2.93. The zero-order valence-electron chi connectivity index (χ0n) is 10.6. The van der Waals surface area contributed by atoms with Crippen molar-refractivity contribution in [2.24, 2.45) is 0 Å². The lowest BCUT2D eigenvalue weighted by atomic mass is 10.3. The van der Waals surface area contributed by atoms with Gasteiger partial charge in [0, 0.05) is 39.3 Å². The zero-order chi connectivity index (χ0) is 13.4. The molecule has 6 heteroatoms. The SMILES string of the molecule is C=CCNCC(=O)N1CCN(CCC(=O)O)CC1. The predicted octanol–water partition coefficient (Wildman–Crippen LogP) is -0.619. The number of amides is 1. The van der Waals surface area contributed by atoms with E-state index in [1.807, 2.05) is 4.90 Å². The highest BCUT2D eigenvalue weighted by Crippen LogP contribution is 2.02. The molecule has 1 aliphatic rings. The fourth-order valence-corrected chi connectivity index (χ4v) is 1.87. The van der Waals surface area contributed by atoms with Gasteiger partial charge in [-0.25, -0.2) is 0 Å². The number of nitrogens with one attached hydrogen (secondary N) is 1. The molecule has 0 aromatic rings. The average Bonchev–Trinajstić information content (AvgIpc) is 2.37. The second-order valence-electron chi connectivity index (χ2n) is 4.29. The molecule has 102 valence electrons. The summed E-state index contributed by atoms with van der Waals surface area (Å²) in [6, 6.07) is 0. The number of carboxylic acids is 1. The summed E-state index contributed by atoms with van der Waals surface area (Å²) in [6.45, 7) is 7.95. The van der Waals surface area contributed by atoms with Crippen molar-refractivity contribution in [1.82, 2.24) is 15.1 Å². The summed E-state index contributed by atoms with van der Waals surface area (Å²) >= 11 is 0. The molecule has 0 bridgehead atoms. The fourth-order valence-electron chi connectivity index (χ4n) is 1.87. The first-order valence-corrected chi connectivity index (χ1v) is 6.17. The molecule has 0 saturated carbocycles. The van der Waals surface area contributed by atoms with E-state index in [4.69, 9.17) is 5.11 Å². The maximum atomic E-state index is 11.8. The monoisotopic (exact) mass is 255 g/mol. The Balaban J connectivity index is 2.19. The second kappa shape index (κ2) is 7.84. The van der Waals surface area contributed by atoms with Crippen LogP contribution in [0.5, 0.6) is 0 Å². The van der Waals surface area contributed by atoms with Crippen molar-refractivity contribution in [1.29, 1.82) is 0 Å². The number of rotatable bonds is 7. The van der Waals surface area contributed by atoms with E-state index in [1.165, 1.54) is 0 Å². The molecule has 1 amide bonds. The maximum Gasteiger partial charge on any atom is 0.304 e. The van der Waals surface area contributed by atoms with Gasteiger partial charge in [0.05, 0.1) is 13.0 Å². The minimum Gasteiger partial charge on any atom is -0.481 e. The number of carboxylic acid groups (broad SMARTS) is 1. The molecule has 18 heavy (non-hydrogen) atoms. The number of hydrogen-bond acceptors (Lipinski definition) is 4. The molecule has 0 atom stereocenters. The molecule has 1 saturated heterocycles. The molecule has 1 aliphatic heterocycles. The standard InChI is InChI=1S/C12H21N3O3/c1-2-4-13-10-11(16)15-8-6-14(7-9-15)5-3-12(17)18/h2,13H,1,3-10H2,(H,17,18). The van der Waals surface area contributed by atoms with Crippen LogP contribution in [0, 0.1) is 0 Å². The summed E-state index contributed by atoms with van der Waals surface area (Å²) in [6.07, 6.45) is 1.88. The van der Waals surface area contributed by atoms with E-state index in [2.05, 4.69) is 16.8 Å². The third kappa shape index (κ3) is 5.29. The first-order chi connectivity index (χ1) is 8.63. The number of carbonyl (C=O) groups excluding carboxylic acids is 1.